The van der Waals surface area contributed by atoms with Crippen LogP contribution in [0, 0.1) is 0 Å². The van der Waals surface area contributed by atoms with Gasteiger partial charge in [-0.1, -0.05) is 18.6 Å². The molecule has 138 valence electrons. The summed E-state index contributed by atoms with van der Waals surface area (Å²) >= 11 is 0. The van der Waals surface area contributed by atoms with Crippen LogP contribution in [0.15, 0.2) is 24.3 Å². The average Bonchev–Trinajstić information content (AvgIpc) is 2.61. The van der Waals surface area contributed by atoms with Crippen molar-refractivity contribution in [2.24, 2.45) is 0 Å². The maximum absolute atomic E-state index is 12.3. The second-order valence-corrected chi connectivity index (χ2v) is 6.70. The van der Waals surface area contributed by atoms with E-state index in [0.717, 1.165) is 13.1 Å². The summed E-state index contributed by atoms with van der Waals surface area (Å²) in [5, 5.41) is 2.65. The number of carbonyl (C=O) groups excluding carboxylic acids is 2. The van der Waals surface area contributed by atoms with Gasteiger partial charge in [0.15, 0.2) is 0 Å². The molecule has 1 fully saturated rings. The monoisotopic (exact) mass is 347 g/mol. The normalized spacial score (nSPS) is 17.8. The van der Waals surface area contributed by atoms with Crippen LogP contribution in [0.3, 0.4) is 0 Å². The number of hydrogen-bond acceptors (Lipinski definition) is 4. The molecule has 1 N–H and O–H groups in total. The van der Waals surface area contributed by atoms with Gasteiger partial charge >= 0.3 is 0 Å². The van der Waals surface area contributed by atoms with Gasteiger partial charge in [-0.2, -0.15) is 0 Å². The molecule has 0 bridgehead atoms. The predicted molar refractivity (Wildman–Crippen MR) is 97.9 cm³/mol. The van der Waals surface area contributed by atoms with Gasteiger partial charge in [0.1, 0.15) is 12.4 Å². The van der Waals surface area contributed by atoms with Crippen molar-refractivity contribution in [2.45, 2.75) is 32.2 Å². The molecule has 0 saturated carbocycles. The zero-order chi connectivity index (χ0) is 18.2. The molecule has 0 unspecified atom stereocenters. The van der Waals surface area contributed by atoms with Crippen LogP contribution < -0.4 is 10.1 Å². The fourth-order valence-corrected chi connectivity index (χ4v) is 2.95. The van der Waals surface area contributed by atoms with E-state index in [4.69, 9.17) is 4.74 Å². The maximum Gasteiger partial charge on any atom is 0.255 e. The molecule has 1 atom stereocenters. The van der Waals surface area contributed by atoms with Crippen molar-refractivity contribution in [1.82, 2.24) is 15.1 Å². The Morgan fingerprint density at radius 2 is 2.04 bits per heavy atom. The predicted octanol–water partition coefficient (Wildman–Crippen LogP) is 1.76. The third-order valence-electron chi connectivity index (χ3n) is 4.61. The van der Waals surface area contributed by atoms with Gasteiger partial charge < -0.3 is 15.0 Å². The topological polar surface area (TPSA) is 61.9 Å². The number of likely N-dealkylation sites (N-methyl/N-ethyl adjacent to an activating group) is 1. The maximum atomic E-state index is 12.3. The first-order chi connectivity index (χ1) is 12.0. The highest BCUT2D eigenvalue weighted by molar-refractivity contribution is 5.98. The van der Waals surface area contributed by atoms with E-state index in [1.165, 1.54) is 24.2 Å². The summed E-state index contributed by atoms with van der Waals surface area (Å²) in [5.74, 6) is 0.116. The standard InChI is InChI=1S/C19H29N3O3/c1-15-8-6-7-11-22(15)12-13-25-17-10-5-4-9-16(17)19(24)20-14-18(23)21(2)3/h4-5,9-10,15H,6-8,11-14H2,1-3H3,(H,20,24)/t15-/m0/s1. The Morgan fingerprint density at radius 1 is 1.28 bits per heavy atom. The third-order valence-corrected chi connectivity index (χ3v) is 4.61. The van der Waals surface area contributed by atoms with Crippen LogP contribution in [-0.2, 0) is 4.79 Å². The largest absolute Gasteiger partial charge is 0.491 e. The Balaban J connectivity index is 1.88. The summed E-state index contributed by atoms with van der Waals surface area (Å²) in [7, 11) is 3.32. The lowest BCUT2D eigenvalue weighted by molar-refractivity contribution is -0.127. The quantitative estimate of drug-likeness (QED) is 0.816. The molecule has 0 aromatic heterocycles. The fraction of sp³-hybridized carbons (Fsp3) is 0.579. The van der Waals surface area contributed by atoms with Gasteiger partial charge in [0.2, 0.25) is 5.91 Å². The van der Waals surface area contributed by atoms with Crippen molar-refractivity contribution >= 4 is 11.8 Å². The number of hydrogen-bond donors (Lipinski definition) is 1. The molecule has 0 spiro atoms. The molecule has 6 heteroatoms. The van der Waals surface area contributed by atoms with Gasteiger partial charge in [-0.15, -0.1) is 0 Å². The van der Waals surface area contributed by atoms with E-state index >= 15 is 0 Å². The summed E-state index contributed by atoms with van der Waals surface area (Å²) in [5.41, 5.74) is 0.459. The smallest absolute Gasteiger partial charge is 0.255 e. The molecule has 6 nitrogen and oxygen atoms in total. The molecular weight excluding hydrogens is 318 g/mol. The van der Waals surface area contributed by atoms with Crippen molar-refractivity contribution in [3.8, 4) is 5.75 Å². The van der Waals surface area contributed by atoms with Gasteiger partial charge in [-0.3, -0.25) is 14.5 Å². The van der Waals surface area contributed by atoms with Crippen LogP contribution in [0.2, 0.25) is 0 Å². The van der Waals surface area contributed by atoms with Crippen molar-refractivity contribution in [2.75, 3.05) is 40.3 Å². The number of ether oxygens (including phenoxy) is 1. The number of benzene rings is 1. The molecule has 1 heterocycles. The van der Waals surface area contributed by atoms with Gasteiger partial charge in [-0.25, -0.2) is 0 Å². The number of nitrogens with zero attached hydrogens (tertiary/aromatic N) is 2. The molecule has 0 radical (unpaired) electrons. The third kappa shape index (κ3) is 5.74. The molecule has 1 saturated heterocycles. The second-order valence-electron chi connectivity index (χ2n) is 6.70. The van der Waals surface area contributed by atoms with E-state index in [1.54, 1.807) is 32.3 Å². The minimum absolute atomic E-state index is 0.0224. The minimum Gasteiger partial charge on any atom is -0.491 e. The molecule has 1 aliphatic rings. The lowest BCUT2D eigenvalue weighted by Gasteiger charge is -2.33. The molecule has 1 aliphatic heterocycles. The molecule has 2 amide bonds. The molecular formula is C19H29N3O3. The van der Waals surface area contributed by atoms with E-state index < -0.39 is 0 Å². The summed E-state index contributed by atoms with van der Waals surface area (Å²) in [6.45, 7) is 4.74. The molecule has 1 aromatic carbocycles. The van der Waals surface area contributed by atoms with E-state index in [9.17, 15) is 9.59 Å². The first-order valence-corrected chi connectivity index (χ1v) is 8.93. The first-order valence-electron chi connectivity index (χ1n) is 8.93. The summed E-state index contributed by atoms with van der Waals surface area (Å²) < 4.78 is 5.87. The summed E-state index contributed by atoms with van der Waals surface area (Å²) in [6, 6.07) is 7.74. The zero-order valence-electron chi connectivity index (χ0n) is 15.5. The Hall–Kier alpha value is -2.08. The van der Waals surface area contributed by atoms with E-state index in [0.29, 0.717) is 24.0 Å². The van der Waals surface area contributed by atoms with E-state index in [-0.39, 0.29) is 18.4 Å². The summed E-state index contributed by atoms with van der Waals surface area (Å²) in [4.78, 5) is 27.8. The lowest BCUT2D eigenvalue weighted by Crippen LogP contribution is -2.40. The van der Waals surface area contributed by atoms with Crippen molar-refractivity contribution in [1.29, 1.82) is 0 Å². The molecule has 25 heavy (non-hydrogen) atoms. The average molecular weight is 347 g/mol. The highest BCUT2D eigenvalue weighted by atomic mass is 16.5. The number of para-hydroxylation sites is 1. The van der Waals surface area contributed by atoms with Crippen LogP contribution >= 0.6 is 0 Å². The fourth-order valence-electron chi connectivity index (χ4n) is 2.95. The van der Waals surface area contributed by atoms with Crippen LogP contribution in [0.5, 0.6) is 5.75 Å². The number of piperidine rings is 1. The van der Waals surface area contributed by atoms with Crippen LogP contribution in [-0.4, -0.2) is 68.0 Å². The van der Waals surface area contributed by atoms with Crippen LogP contribution in [0.4, 0.5) is 0 Å². The Kier molecular flexibility index (Phi) is 7.25. The zero-order valence-corrected chi connectivity index (χ0v) is 15.5. The Bertz CT molecular complexity index is 589. The van der Waals surface area contributed by atoms with Gasteiger partial charge in [0.05, 0.1) is 12.1 Å². The lowest BCUT2D eigenvalue weighted by atomic mass is 10.0. The first kappa shape index (κ1) is 19.2. The van der Waals surface area contributed by atoms with Crippen molar-refractivity contribution < 1.29 is 14.3 Å². The second kappa shape index (κ2) is 9.42. The minimum atomic E-state index is -0.294. The van der Waals surface area contributed by atoms with Crippen molar-refractivity contribution in [3.63, 3.8) is 0 Å². The summed E-state index contributed by atoms with van der Waals surface area (Å²) in [6.07, 6.45) is 3.77. The van der Waals surface area contributed by atoms with Crippen LogP contribution in [0.1, 0.15) is 36.5 Å². The van der Waals surface area contributed by atoms with Gasteiger partial charge in [0.25, 0.3) is 5.91 Å². The van der Waals surface area contributed by atoms with Gasteiger partial charge in [-0.05, 0) is 38.4 Å². The number of carbonyl (C=O) groups is 2. The van der Waals surface area contributed by atoms with Gasteiger partial charge in [0, 0.05) is 26.7 Å². The molecule has 2 rings (SSSR count). The number of nitrogens with one attached hydrogen (secondary N) is 1. The Morgan fingerprint density at radius 3 is 2.76 bits per heavy atom. The number of amides is 2. The number of likely N-dealkylation sites (tertiary alicyclic amines) is 1. The SMILES string of the molecule is C[C@H]1CCCCN1CCOc1ccccc1C(=O)NCC(=O)N(C)C. The highest BCUT2D eigenvalue weighted by Gasteiger charge is 2.18. The Labute approximate surface area is 150 Å². The van der Waals surface area contributed by atoms with Crippen LogP contribution in [0.25, 0.3) is 0 Å². The number of rotatable bonds is 7. The van der Waals surface area contributed by atoms with Crippen molar-refractivity contribution in [3.05, 3.63) is 29.8 Å². The van der Waals surface area contributed by atoms with E-state index in [2.05, 4.69) is 17.1 Å². The molecule has 0 aliphatic carbocycles. The molecule has 1 aromatic rings. The van der Waals surface area contributed by atoms with E-state index in [1.807, 2.05) is 6.07 Å². The highest BCUT2D eigenvalue weighted by Crippen LogP contribution is 2.19.